The smallest absolute Gasteiger partial charge is 0.269 e. The van der Waals surface area contributed by atoms with Crippen LogP contribution in [0.5, 0.6) is 0 Å². The minimum Gasteiger partial charge on any atom is -0.326 e. The van der Waals surface area contributed by atoms with E-state index in [0.717, 1.165) is 38.5 Å². The van der Waals surface area contributed by atoms with Crippen LogP contribution in [0, 0.1) is 11.8 Å². The van der Waals surface area contributed by atoms with Crippen LogP contribution >= 0.6 is 0 Å². The summed E-state index contributed by atoms with van der Waals surface area (Å²) in [5.41, 5.74) is 6.07. The Kier molecular flexibility index (Phi) is 6.85. The lowest BCUT2D eigenvalue weighted by molar-refractivity contribution is -0.123. The molecule has 2 aliphatic rings. The molecule has 1 aromatic rings. The van der Waals surface area contributed by atoms with Gasteiger partial charge in [0.05, 0.1) is 0 Å². The zero-order valence-corrected chi connectivity index (χ0v) is 15.8. The van der Waals surface area contributed by atoms with Gasteiger partial charge in [-0.3, -0.25) is 25.2 Å². The predicted octanol–water partition coefficient (Wildman–Crippen LogP) is 3.55. The fraction of sp³-hybridized carbons (Fsp3) is 0.571. The molecule has 0 unspecified atom stereocenters. The summed E-state index contributed by atoms with van der Waals surface area (Å²) < 4.78 is 0. The van der Waals surface area contributed by atoms with Gasteiger partial charge in [0.15, 0.2) is 0 Å². The van der Waals surface area contributed by atoms with Gasteiger partial charge in [-0.25, -0.2) is 0 Å². The molecule has 0 heterocycles. The molecule has 3 amide bonds. The Morgan fingerprint density at radius 2 is 1.44 bits per heavy atom. The molecule has 3 N–H and O–H groups in total. The van der Waals surface area contributed by atoms with E-state index in [-0.39, 0.29) is 23.6 Å². The van der Waals surface area contributed by atoms with Gasteiger partial charge in [-0.05, 0) is 55.9 Å². The second-order valence-corrected chi connectivity index (χ2v) is 7.76. The summed E-state index contributed by atoms with van der Waals surface area (Å²) in [7, 11) is 0. The van der Waals surface area contributed by atoms with Gasteiger partial charge in [0.2, 0.25) is 11.8 Å². The zero-order chi connectivity index (χ0) is 19.1. The van der Waals surface area contributed by atoms with Crippen LogP contribution in [0.3, 0.4) is 0 Å². The highest BCUT2D eigenvalue weighted by atomic mass is 16.2. The van der Waals surface area contributed by atoms with Gasteiger partial charge in [-0.1, -0.05) is 32.1 Å². The third-order valence-electron chi connectivity index (χ3n) is 5.65. The minimum absolute atomic E-state index is 0.0612. The van der Waals surface area contributed by atoms with E-state index >= 15 is 0 Å². The summed E-state index contributed by atoms with van der Waals surface area (Å²) >= 11 is 0. The number of rotatable bonds is 5. The van der Waals surface area contributed by atoms with Crippen molar-refractivity contribution in [3.05, 3.63) is 29.8 Å². The summed E-state index contributed by atoms with van der Waals surface area (Å²) in [5.74, 6) is 0.0865. The molecule has 0 bridgehead atoms. The van der Waals surface area contributed by atoms with E-state index in [1.807, 2.05) is 0 Å². The highest BCUT2D eigenvalue weighted by Gasteiger charge is 2.21. The number of hydrazine groups is 1. The second kappa shape index (κ2) is 9.53. The maximum atomic E-state index is 12.3. The van der Waals surface area contributed by atoms with Crippen molar-refractivity contribution < 1.29 is 14.4 Å². The normalized spacial score (nSPS) is 18.1. The number of hydrogen-bond donors (Lipinski definition) is 3. The summed E-state index contributed by atoms with van der Waals surface area (Å²) in [6.07, 6.45) is 10.4. The lowest BCUT2D eigenvalue weighted by Crippen LogP contribution is -2.42. The van der Waals surface area contributed by atoms with E-state index in [1.54, 1.807) is 24.3 Å². The SMILES string of the molecule is O=C(CC1CCCC1)NNC(=O)c1ccc(NC(=O)C2CCCCC2)cc1. The maximum Gasteiger partial charge on any atom is 0.269 e. The molecule has 0 aliphatic heterocycles. The molecule has 0 radical (unpaired) electrons. The maximum absolute atomic E-state index is 12.3. The van der Waals surface area contributed by atoms with Gasteiger partial charge < -0.3 is 5.32 Å². The van der Waals surface area contributed by atoms with Crippen LogP contribution in [0.15, 0.2) is 24.3 Å². The molecule has 0 atom stereocenters. The molecule has 2 saturated carbocycles. The average molecular weight is 371 g/mol. The Labute approximate surface area is 160 Å². The van der Waals surface area contributed by atoms with Crippen LogP contribution in [-0.4, -0.2) is 17.7 Å². The third-order valence-corrected chi connectivity index (χ3v) is 5.65. The highest BCUT2D eigenvalue weighted by molar-refractivity contribution is 5.97. The molecule has 6 nitrogen and oxygen atoms in total. The first kappa shape index (κ1) is 19.4. The van der Waals surface area contributed by atoms with E-state index < -0.39 is 0 Å². The molecule has 146 valence electrons. The lowest BCUT2D eigenvalue weighted by Gasteiger charge is -2.20. The Morgan fingerprint density at radius 3 is 2.11 bits per heavy atom. The monoisotopic (exact) mass is 371 g/mol. The van der Waals surface area contributed by atoms with E-state index in [4.69, 9.17) is 0 Å². The van der Waals surface area contributed by atoms with Crippen molar-refractivity contribution in [1.29, 1.82) is 0 Å². The number of benzene rings is 1. The van der Waals surface area contributed by atoms with E-state index in [9.17, 15) is 14.4 Å². The number of carbonyl (C=O) groups excluding carboxylic acids is 3. The summed E-state index contributed by atoms with van der Waals surface area (Å²) in [5, 5.41) is 2.93. The zero-order valence-electron chi connectivity index (χ0n) is 15.8. The van der Waals surface area contributed by atoms with Crippen LogP contribution in [-0.2, 0) is 9.59 Å². The van der Waals surface area contributed by atoms with Crippen LogP contribution in [0.4, 0.5) is 5.69 Å². The molecule has 0 aromatic heterocycles. The Morgan fingerprint density at radius 1 is 0.815 bits per heavy atom. The highest BCUT2D eigenvalue weighted by Crippen LogP contribution is 2.27. The lowest BCUT2D eigenvalue weighted by atomic mass is 9.88. The van der Waals surface area contributed by atoms with Crippen molar-refractivity contribution >= 4 is 23.4 Å². The van der Waals surface area contributed by atoms with Crippen LogP contribution in [0.2, 0.25) is 0 Å². The first-order valence-electron chi connectivity index (χ1n) is 10.1. The van der Waals surface area contributed by atoms with Crippen LogP contribution in [0.1, 0.15) is 74.6 Å². The largest absolute Gasteiger partial charge is 0.326 e. The second-order valence-electron chi connectivity index (χ2n) is 7.76. The van der Waals surface area contributed by atoms with Crippen LogP contribution < -0.4 is 16.2 Å². The van der Waals surface area contributed by atoms with Gasteiger partial charge in [-0.15, -0.1) is 0 Å². The number of carbonyl (C=O) groups is 3. The molecule has 6 heteroatoms. The third kappa shape index (κ3) is 5.81. The molecule has 0 spiro atoms. The molecule has 2 fully saturated rings. The molecule has 27 heavy (non-hydrogen) atoms. The molecular weight excluding hydrogens is 342 g/mol. The van der Waals surface area contributed by atoms with Gasteiger partial charge in [0, 0.05) is 23.6 Å². The number of hydrogen-bond acceptors (Lipinski definition) is 3. The summed E-state index contributed by atoms with van der Waals surface area (Å²) in [6.45, 7) is 0. The Balaban J connectivity index is 1.43. The van der Waals surface area contributed by atoms with Crippen molar-refractivity contribution in [2.45, 2.75) is 64.2 Å². The van der Waals surface area contributed by atoms with E-state index in [0.29, 0.717) is 23.6 Å². The first-order chi connectivity index (χ1) is 13.1. The standard InChI is InChI=1S/C21H29N3O3/c25-19(14-15-6-4-5-7-15)23-24-21(27)17-10-12-18(13-11-17)22-20(26)16-8-2-1-3-9-16/h10-13,15-16H,1-9,14H2,(H,22,26)(H,23,25)(H,24,27). The molecule has 0 saturated heterocycles. The van der Waals surface area contributed by atoms with Crippen molar-refractivity contribution in [2.75, 3.05) is 5.32 Å². The fourth-order valence-corrected chi connectivity index (χ4v) is 4.04. The topological polar surface area (TPSA) is 87.3 Å². The average Bonchev–Trinajstić information content (AvgIpc) is 3.20. The van der Waals surface area contributed by atoms with Gasteiger partial charge in [-0.2, -0.15) is 0 Å². The van der Waals surface area contributed by atoms with Crippen molar-refractivity contribution in [3.63, 3.8) is 0 Å². The summed E-state index contributed by atoms with van der Waals surface area (Å²) in [6, 6.07) is 6.73. The summed E-state index contributed by atoms with van der Waals surface area (Å²) in [4.78, 5) is 36.3. The number of nitrogens with one attached hydrogen (secondary N) is 3. The van der Waals surface area contributed by atoms with E-state index in [2.05, 4.69) is 16.2 Å². The molecule has 3 rings (SSSR count). The predicted molar refractivity (Wildman–Crippen MR) is 104 cm³/mol. The quantitative estimate of drug-likeness (QED) is 0.692. The Bertz CT molecular complexity index is 660. The number of anilines is 1. The minimum atomic E-state index is -0.361. The molecule has 1 aromatic carbocycles. The van der Waals surface area contributed by atoms with Crippen molar-refractivity contribution in [2.24, 2.45) is 11.8 Å². The first-order valence-corrected chi connectivity index (χ1v) is 10.1. The Hall–Kier alpha value is -2.37. The molecular formula is C21H29N3O3. The van der Waals surface area contributed by atoms with Crippen molar-refractivity contribution in [3.8, 4) is 0 Å². The number of amides is 3. The van der Waals surface area contributed by atoms with E-state index in [1.165, 1.54) is 19.3 Å². The molecule has 2 aliphatic carbocycles. The van der Waals surface area contributed by atoms with Gasteiger partial charge in [0.1, 0.15) is 0 Å². The fourth-order valence-electron chi connectivity index (χ4n) is 4.04. The van der Waals surface area contributed by atoms with Crippen molar-refractivity contribution in [1.82, 2.24) is 10.9 Å². The van der Waals surface area contributed by atoms with Crippen LogP contribution in [0.25, 0.3) is 0 Å². The van der Waals surface area contributed by atoms with Gasteiger partial charge in [0.25, 0.3) is 5.91 Å². The van der Waals surface area contributed by atoms with Gasteiger partial charge >= 0.3 is 0 Å².